The van der Waals surface area contributed by atoms with Crippen LogP contribution in [0.1, 0.15) is 11.1 Å². The van der Waals surface area contributed by atoms with Crippen LogP contribution < -0.4 is 0 Å². The molecule has 22 heavy (non-hydrogen) atoms. The highest BCUT2D eigenvalue weighted by atomic mass is 79.9. The second-order valence-electron chi connectivity index (χ2n) is 5.73. The summed E-state index contributed by atoms with van der Waals surface area (Å²) in [5.74, 6) is 0. The first kappa shape index (κ1) is 13.6. The van der Waals surface area contributed by atoms with Gasteiger partial charge in [0.15, 0.2) is 0 Å². The van der Waals surface area contributed by atoms with E-state index in [0.717, 1.165) is 0 Å². The summed E-state index contributed by atoms with van der Waals surface area (Å²) >= 11 is 3.80. The van der Waals surface area contributed by atoms with Gasteiger partial charge in [-0.05, 0) is 53.0 Å². The molecule has 0 saturated heterocycles. The second kappa shape index (κ2) is 4.99. The average Bonchev–Trinajstić information content (AvgIpc) is 2.87. The Morgan fingerprint density at radius 1 is 0.682 bits per heavy atom. The number of hydrogen-bond acceptors (Lipinski definition) is 0. The van der Waals surface area contributed by atoms with Gasteiger partial charge in [0.05, 0.1) is 16.7 Å². The zero-order valence-electron chi connectivity index (χ0n) is 12.6. The number of aromatic nitrogens is 1. The monoisotopic (exact) mass is 349 g/mol. The molecule has 1 aromatic heterocycles. The van der Waals surface area contributed by atoms with Crippen molar-refractivity contribution in [1.82, 2.24) is 4.57 Å². The lowest BCUT2D eigenvalue weighted by molar-refractivity contribution is 1.12. The van der Waals surface area contributed by atoms with Gasteiger partial charge in [-0.3, -0.25) is 0 Å². The third-order valence-corrected chi connectivity index (χ3v) is 5.32. The van der Waals surface area contributed by atoms with Crippen LogP contribution in [0.4, 0.5) is 0 Å². The predicted octanol–water partition coefficient (Wildman–Crippen LogP) is 6.16. The zero-order valence-corrected chi connectivity index (χ0v) is 14.2. The van der Waals surface area contributed by atoms with E-state index >= 15 is 0 Å². The molecule has 0 fully saturated rings. The lowest BCUT2D eigenvalue weighted by Crippen LogP contribution is -1.99. The summed E-state index contributed by atoms with van der Waals surface area (Å²) in [6, 6.07) is 21.6. The van der Waals surface area contributed by atoms with Gasteiger partial charge in [-0.1, -0.05) is 48.5 Å². The van der Waals surface area contributed by atoms with Crippen molar-refractivity contribution in [2.45, 2.75) is 13.8 Å². The van der Waals surface area contributed by atoms with E-state index in [1.807, 2.05) is 0 Å². The summed E-state index contributed by atoms with van der Waals surface area (Å²) in [5.41, 5.74) is 6.25. The van der Waals surface area contributed by atoms with Crippen molar-refractivity contribution < 1.29 is 0 Å². The summed E-state index contributed by atoms with van der Waals surface area (Å²) in [6.45, 7) is 4.31. The standard InChI is InChI=1S/C20H16BrN/c1-13-11-12-14(2)20(19(13)21)22-17-9-5-3-7-15(17)16-8-4-6-10-18(16)22/h3-12H,1-2H3. The van der Waals surface area contributed by atoms with Crippen LogP contribution in [0.5, 0.6) is 0 Å². The topological polar surface area (TPSA) is 4.93 Å². The maximum Gasteiger partial charge on any atom is 0.0636 e. The van der Waals surface area contributed by atoms with Crippen molar-refractivity contribution in [1.29, 1.82) is 0 Å². The molecule has 1 nitrogen and oxygen atoms in total. The number of fused-ring (bicyclic) bond motifs is 3. The molecule has 0 aliphatic rings. The Morgan fingerprint density at radius 2 is 1.18 bits per heavy atom. The SMILES string of the molecule is Cc1ccc(C)c(-n2c3ccccc3c3ccccc32)c1Br. The maximum absolute atomic E-state index is 3.80. The third kappa shape index (κ3) is 1.84. The van der Waals surface area contributed by atoms with Gasteiger partial charge in [-0.2, -0.15) is 0 Å². The van der Waals surface area contributed by atoms with Crippen LogP contribution >= 0.6 is 15.9 Å². The smallest absolute Gasteiger partial charge is 0.0636 e. The van der Waals surface area contributed by atoms with E-state index in [4.69, 9.17) is 0 Å². The third-order valence-electron chi connectivity index (χ3n) is 4.31. The minimum atomic E-state index is 1.17. The lowest BCUT2D eigenvalue weighted by Gasteiger charge is -2.15. The van der Waals surface area contributed by atoms with Crippen molar-refractivity contribution in [3.63, 3.8) is 0 Å². The minimum Gasteiger partial charge on any atom is -0.308 e. The zero-order chi connectivity index (χ0) is 15.3. The highest BCUT2D eigenvalue weighted by Gasteiger charge is 2.15. The van der Waals surface area contributed by atoms with Gasteiger partial charge < -0.3 is 4.57 Å². The molecule has 0 bridgehead atoms. The molecule has 4 rings (SSSR count). The molecule has 0 amide bonds. The number of hydrogen-bond donors (Lipinski definition) is 0. The molecule has 0 saturated carbocycles. The van der Waals surface area contributed by atoms with Gasteiger partial charge in [0.1, 0.15) is 0 Å². The number of nitrogens with zero attached hydrogens (tertiary/aromatic N) is 1. The summed E-state index contributed by atoms with van der Waals surface area (Å²) in [4.78, 5) is 0. The van der Waals surface area contributed by atoms with Crippen LogP contribution in [0, 0.1) is 13.8 Å². The van der Waals surface area contributed by atoms with E-state index in [1.54, 1.807) is 0 Å². The second-order valence-corrected chi connectivity index (χ2v) is 6.52. The fourth-order valence-electron chi connectivity index (χ4n) is 3.20. The molecule has 0 atom stereocenters. The molecule has 108 valence electrons. The Bertz CT molecular complexity index is 958. The molecular formula is C20H16BrN. The molecule has 4 aromatic rings. The van der Waals surface area contributed by atoms with Gasteiger partial charge in [0, 0.05) is 15.2 Å². The minimum absolute atomic E-state index is 1.17. The lowest BCUT2D eigenvalue weighted by atomic mass is 10.1. The first-order valence-electron chi connectivity index (χ1n) is 7.43. The Kier molecular flexibility index (Phi) is 3.08. The van der Waals surface area contributed by atoms with Gasteiger partial charge in [0.2, 0.25) is 0 Å². The molecule has 0 aliphatic carbocycles. The van der Waals surface area contributed by atoms with Gasteiger partial charge in [0.25, 0.3) is 0 Å². The molecule has 1 heterocycles. The molecule has 3 aromatic carbocycles. The molecule has 2 heteroatoms. The molecular weight excluding hydrogens is 334 g/mol. The highest BCUT2D eigenvalue weighted by Crippen LogP contribution is 2.36. The van der Waals surface area contributed by atoms with Crippen LogP contribution in [0.15, 0.2) is 65.1 Å². The summed E-state index contributed by atoms with van der Waals surface area (Å²) in [7, 11) is 0. The van der Waals surface area contributed by atoms with E-state index in [2.05, 4.69) is 95.0 Å². The average molecular weight is 350 g/mol. The number of benzene rings is 3. The van der Waals surface area contributed by atoms with Crippen LogP contribution in [0.2, 0.25) is 0 Å². The largest absolute Gasteiger partial charge is 0.308 e. The number of rotatable bonds is 1. The summed E-state index contributed by atoms with van der Waals surface area (Å²) < 4.78 is 3.54. The number of para-hydroxylation sites is 2. The van der Waals surface area contributed by atoms with Gasteiger partial charge in [-0.25, -0.2) is 0 Å². The quantitative estimate of drug-likeness (QED) is 0.387. The van der Waals surface area contributed by atoms with Crippen molar-refractivity contribution >= 4 is 37.7 Å². The van der Waals surface area contributed by atoms with Gasteiger partial charge >= 0.3 is 0 Å². The van der Waals surface area contributed by atoms with E-state index in [9.17, 15) is 0 Å². The van der Waals surface area contributed by atoms with Gasteiger partial charge in [-0.15, -0.1) is 0 Å². The first-order valence-corrected chi connectivity index (χ1v) is 8.22. The van der Waals surface area contributed by atoms with E-state index in [-0.39, 0.29) is 0 Å². The predicted molar refractivity (Wildman–Crippen MR) is 98.0 cm³/mol. The fraction of sp³-hybridized carbons (Fsp3) is 0.100. The van der Waals surface area contributed by atoms with E-state index in [0.29, 0.717) is 0 Å². The maximum atomic E-state index is 3.80. The van der Waals surface area contributed by atoms with Crippen molar-refractivity contribution in [3.05, 3.63) is 76.3 Å². The summed E-state index contributed by atoms with van der Waals surface area (Å²) in [6.07, 6.45) is 0. The molecule has 0 spiro atoms. The molecule has 0 radical (unpaired) electrons. The summed E-state index contributed by atoms with van der Waals surface area (Å²) in [5, 5.41) is 2.59. The van der Waals surface area contributed by atoms with Crippen LogP contribution in [-0.4, -0.2) is 4.57 Å². The van der Waals surface area contributed by atoms with Crippen molar-refractivity contribution in [3.8, 4) is 5.69 Å². The highest BCUT2D eigenvalue weighted by molar-refractivity contribution is 9.10. The molecule has 0 aliphatic heterocycles. The van der Waals surface area contributed by atoms with Crippen molar-refractivity contribution in [2.24, 2.45) is 0 Å². The number of halogens is 1. The number of aryl methyl sites for hydroxylation is 2. The fourth-order valence-corrected chi connectivity index (χ4v) is 3.82. The Morgan fingerprint density at radius 3 is 1.77 bits per heavy atom. The molecule has 0 unspecified atom stereocenters. The Hall–Kier alpha value is -2.06. The van der Waals surface area contributed by atoms with Crippen LogP contribution in [0.3, 0.4) is 0 Å². The molecule has 0 N–H and O–H groups in total. The van der Waals surface area contributed by atoms with Crippen LogP contribution in [0.25, 0.3) is 27.5 Å². The Balaban J connectivity index is 2.26. The van der Waals surface area contributed by atoms with E-state index < -0.39 is 0 Å². The van der Waals surface area contributed by atoms with Crippen LogP contribution in [-0.2, 0) is 0 Å². The van der Waals surface area contributed by atoms with E-state index in [1.165, 1.54) is 43.1 Å². The van der Waals surface area contributed by atoms with Crippen molar-refractivity contribution in [2.75, 3.05) is 0 Å². The first-order chi connectivity index (χ1) is 10.7. The normalized spacial score (nSPS) is 11.4. The Labute approximate surface area is 138 Å².